The Morgan fingerprint density at radius 3 is 3.27 bits per heavy atom. The average Bonchev–Trinajstić information content (AvgIpc) is 2.50. The van der Waals surface area contributed by atoms with Crippen LogP contribution in [0, 0.1) is 11.3 Å². The number of hydrogen-bond donors (Lipinski definition) is 0. The lowest BCUT2D eigenvalue weighted by Gasteiger charge is -1.91. The first-order chi connectivity index (χ1) is 5.40. The fourth-order valence-electron chi connectivity index (χ4n) is 0.980. The summed E-state index contributed by atoms with van der Waals surface area (Å²) in [5.74, 6) is 0. The fourth-order valence-corrected chi connectivity index (χ4v) is 0.980. The van der Waals surface area contributed by atoms with E-state index in [1.807, 2.05) is 28.8 Å². The molecule has 3 nitrogen and oxygen atoms in total. The average molecular weight is 143 g/mol. The number of aromatic nitrogens is 2. The molecule has 2 rings (SSSR count). The lowest BCUT2D eigenvalue weighted by Crippen LogP contribution is -1.86. The summed E-state index contributed by atoms with van der Waals surface area (Å²) < 4.78 is 1.82. The second kappa shape index (κ2) is 2.10. The molecule has 0 N–H and O–H groups in total. The molecule has 0 fully saturated rings. The van der Waals surface area contributed by atoms with E-state index in [0.29, 0.717) is 5.56 Å². The quantitative estimate of drug-likeness (QED) is 0.556. The van der Waals surface area contributed by atoms with Gasteiger partial charge in [-0.3, -0.25) is 0 Å². The largest absolute Gasteiger partial charge is 0.307 e. The lowest BCUT2D eigenvalue weighted by molar-refractivity contribution is 1.12. The molecule has 0 spiro atoms. The molecule has 0 radical (unpaired) electrons. The monoisotopic (exact) mass is 143 g/mol. The number of hydrogen-bond acceptors (Lipinski definition) is 2. The van der Waals surface area contributed by atoms with Crippen molar-refractivity contribution in [1.82, 2.24) is 9.38 Å². The van der Waals surface area contributed by atoms with Gasteiger partial charge in [-0.2, -0.15) is 5.26 Å². The molecule has 0 saturated carbocycles. The number of nitrogens with zero attached hydrogens (tertiary/aromatic N) is 3. The van der Waals surface area contributed by atoms with Gasteiger partial charge in [0, 0.05) is 18.6 Å². The van der Waals surface area contributed by atoms with Crippen LogP contribution in [-0.4, -0.2) is 9.38 Å². The minimum Gasteiger partial charge on any atom is -0.307 e. The molecule has 0 bridgehead atoms. The van der Waals surface area contributed by atoms with Crippen LogP contribution in [0.3, 0.4) is 0 Å². The number of nitriles is 1. The summed E-state index contributed by atoms with van der Waals surface area (Å²) in [6.07, 6.45) is 5.18. The van der Waals surface area contributed by atoms with Crippen LogP contribution in [0.2, 0.25) is 0 Å². The van der Waals surface area contributed by atoms with E-state index in [0.717, 1.165) is 5.65 Å². The molecular formula is C8H5N3. The van der Waals surface area contributed by atoms with E-state index < -0.39 is 0 Å². The molecule has 0 aromatic carbocycles. The molecule has 2 aromatic rings. The van der Waals surface area contributed by atoms with Gasteiger partial charge >= 0.3 is 0 Å². The second-order valence-electron chi connectivity index (χ2n) is 2.23. The Bertz CT molecular complexity index is 422. The maximum absolute atomic E-state index is 8.53. The molecule has 0 aliphatic heterocycles. The van der Waals surface area contributed by atoms with E-state index in [4.69, 9.17) is 5.26 Å². The smallest absolute Gasteiger partial charge is 0.136 e. The first kappa shape index (κ1) is 5.93. The molecule has 11 heavy (non-hydrogen) atoms. The molecule has 0 amide bonds. The molecule has 0 aliphatic carbocycles. The predicted octanol–water partition coefficient (Wildman–Crippen LogP) is 1.21. The summed E-state index contributed by atoms with van der Waals surface area (Å²) in [4.78, 5) is 4.05. The van der Waals surface area contributed by atoms with Crippen molar-refractivity contribution in [2.45, 2.75) is 0 Å². The highest BCUT2D eigenvalue weighted by molar-refractivity contribution is 5.40. The van der Waals surface area contributed by atoms with Crippen molar-refractivity contribution in [2.75, 3.05) is 0 Å². The van der Waals surface area contributed by atoms with Crippen LogP contribution >= 0.6 is 0 Å². The van der Waals surface area contributed by atoms with E-state index >= 15 is 0 Å². The summed E-state index contributed by atoms with van der Waals surface area (Å²) in [5.41, 5.74) is 1.44. The molecule has 2 heterocycles. The van der Waals surface area contributed by atoms with Gasteiger partial charge in [0.05, 0.1) is 5.56 Å². The van der Waals surface area contributed by atoms with Gasteiger partial charge in [0.25, 0.3) is 0 Å². The van der Waals surface area contributed by atoms with Crippen LogP contribution in [0.4, 0.5) is 0 Å². The summed E-state index contributed by atoms with van der Waals surface area (Å²) >= 11 is 0. The molecule has 2 aromatic heterocycles. The summed E-state index contributed by atoms with van der Waals surface area (Å²) in [6, 6.07) is 5.81. The normalized spacial score (nSPS) is 9.73. The molecule has 0 saturated heterocycles. The molecule has 0 unspecified atom stereocenters. The SMILES string of the molecule is N#Cc1cnc2cccn2c1. The van der Waals surface area contributed by atoms with Gasteiger partial charge in [-0.1, -0.05) is 0 Å². The standard InChI is InChI=1S/C8H5N3/c9-4-7-5-10-8-2-1-3-11(8)6-7/h1-3,5-6H. The van der Waals surface area contributed by atoms with E-state index in [1.165, 1.54) is 0 Å². The fraction of sp³-hybridized carbons (Fsp3) is 0. The van der Waals surface area contributed by atoms with E-state index in [9.17, 15) is 0 Å². The minimum absolute atomic E-state index is 0.578. The summed E-state index contributed by atoms with van der Waals surface area (Å²) in [6.45, 7) is 0. The van der Waals surface area contributed by atoms with Crippen LogP contribution in [0.25, 0.3) is 5.65 Å². The van der Waals surface area contributed by atoms with Gasteiger partial charge < -0.3 is 4.40 Å². The van der Waals surface area contributed by atoms with Crippen LogP contribution in [0.15, 0.2) is 30.7 Å². The van der Waals surface area contributed by atoms with Gasteiger partial charge in [-0.15, -0.1) is 0 Å². The highest BCUT2D eigenvalue weighted by atomic mass is 14.9. The first-order valence-corrected chi connectivity index (χ1v) is 3.23. The zero-order chi connectivity index (χ0) is 7.68. The third kappa shape index (κ3) is 0.849. The highest BCUT2D eigenvalue weighted by Gasteiger charge is 1.93. The third-order valence-electron chi connectivity index (χ3n) is 1.50. The molecule has 0 aliphatic rings. The minimum atomic E-state index is 0.578. The highest BCUT2D eigenvalue weighted by Crippen LogP contribution is 2.01. The van der Waals surface area contributed by atoms with Crippen molar-refractivity contribution in [2.24, 2.45) is 0 Å². The maximum Gasteiger partial charge on any atom is 0.136 e. The Labute approximate surface area is 63.5 Å². The summed E-state index contributed by atoms with van der Waals surface area (Å²) in [7, 11) is 0. The third-order valence-corrected chi connectivity index (χ3v) is 1.50. The Morgan fingerprint density at radius 1 is 1.55 bits per heavy atom. The number of fused-ring (bicyclic) bond motifs is 1. The Balaban J connectivity index is 2.79. The summed E-state index contributed by atoms with van der Waals surface area (Å²) in [5, 5.41) is 8.53. The van der Waals surface area contributed by atoms with E-state index in [-0.39, 0.29) is 0 Å². The molecule has 52 valence electrons. The lowest BCUT2D eigenvalue weighted by atomic mass is 10.4. The molecular weight excluding hydrogens is 138 g/mol. The van der Waals surface area contributed by atoms with E-state index in [1.54, 1.807) is 12.4 Å². The zero-order valence-corrected chi connectivity index (χ0v) is 5.73. The maximum atomic E-state index is 8.53. The van der Waals surface area contributed by atoms with Crippen molar-refractivity contribution in [1.29, 1.82) is 5.26 Å². The Kier molecular flexibility index (Phi) is 1.13. The van der Waals surface area contributed by atoms with Crippen LogP contribution in [0.5, 0.6) is 0 Å². The molecule has 0 atom stereocenters. The Hall–Kier alpha value is -1.82. The van der Waals surface area contributed by atoms with Crippen molar-refractivity contribution >= 4 is 5.65 Å². The molecule has 3 heteroatoms. The first-order valence-electron chi connectivity index (χ1n) is 3.23. The van der Waals surface area contributed by atoms with Gasteiger partial charge in [0.1, 0.15) is 11.7 Å². The second-order valence-corrected chi connectivity index (χ2v) is 2.23. The van der Waals surface area contributed by atoms with Gasteiger partial charge in [-0.05, 0) is 12.1 Å². The van der Waals surface area contributed by atoms with Gasteiger partial charge in [0.2, 0.25) is 0 Å². The van der Waals surface area contributed by atoms with Crippen molar-refractivity contribution in [3.63, 3.8) is 0 Å². The van der Waals surface area contributed by atoms with Crippen LogP contribution in [0.1, 0.15) is 5.56 Å². The van der Waals surface area contributed by atoms with Crippen molar-refractivity contribution in [3.8, 4) is 6.07 Å². The van der Waals surface area contributed by atoms with Crippen molar-refractivity contribution < 1.29 is 0 Å². The van der Waals surface area contributed by atoms with Crippen LogP contribution in [-0.2, 0) is 0 Å². The van der Waals surface area contributed by atoms with Gasteiger partial charge in [-0.25, -0.2) is 4.98 Å². The zero-order valence-electron chi connectivity index (χ0n) is 5.73. The number of rotatable bonds is 0. The predicted molar refractivity (Wildman–Crippen MR) is 39.9 cm³/mol. The van der Waals surface area contributed by atoms with Crippen molar-refractivity contribution in [3.05, 3.63) is 36.3 Å². The Morgan fingerprint density at radius 2 is 2.45 bits per heavy atom. The topological polar surface area (TPSA) is 41.1 Å². The van der Waals surface area contributed by atoms with Gasteiger partial charge in [0.15, 0.2) is 0 Å². The van der Waals surface area contributed by atoms with E-state index in [2.05, 4.69) is 4.98 Å². The van der Waals surface area contributed by atoms with Crippen LogP contribution < -0.4 is 0 Å².